The summed E-state index contributed by atoms with van der Waals surface area (Å²) < 4.78 is 33.1. The first-order valence-electron chi connectivity index (χ1n) is 6.98. The number of sulfonamides is 1. The molecule has 6 nitrogen and oxygen atoms in total. The second-order valence-electron chi connectivity index (χ2n) is 5.56. The van der Waals surface area contributed by atoms with Gasteiger partial charge in [0.25, 0.3) is 0 Å². The van der Waals surface area contributed by atoms with Crippen LogP contribution >= 0.6 is 0 Å². The third-order valence-corrected chi connectivity index (χ3v) is 5.42. The molecule has 1 aliphatic rings. The fraction of sp³-hybridized carbons (Fsp3) is 0.571. The van der Waals surface area contributed by atoms with Crippen molar-refractivity contribution in [3.8, 4) is 5.75 Å². The lowest BCUT2D eigenvalue weighted by Gasteiger charge is -2.29. The topological polar surface area (TPSA) is 84.7 Å². The summed E-state index contributed by atoms with van der Waals surface area (Å²) in [4.78, 5) is 2.29. The molecule has 0 aliphatic carbocycles. The number of benzene rings is 1. The van der Waals surface area contributed by atoms with Crippen LogP contribution < -0.4 is 15.2 Å². The van der Waals surface area contributed by atoms with Crippen molar-refractivity contribution in [2.75, 3.05) is 33.0 Å². The van der Waals surface area contributed by atoms with Gasteiger partial charge in [0.15, 0.2) is 0 Å². The standard InChI is InChI=1S/C14H23N3O3S/c1-10-8-13(20-3)14(9-12(10)15)21(18,19)16-11-4-6-17(2)7-5-11/h8-9,11,16H,4-7,15H2,1-3H3. The van der Waals surface area contributed by atoms with Crippen molar-refractivity contribution in [2.45, 2.75) is 30.7 Å². The number of rotatable bonds is 4. The Kier molecular flexibility index (Phi) is 4.75. The maximum absolute atomic E-state index is 12.6. The minimum Gasteiger partial charge on any atom is -0.495 e. The average molecular weight is 313 g/mol. The predicted molar refractivity (Wildman–Crippen MR) is 83.0 cm³/mol. The third-order valence-electron chi connectivity index (χ3n) is 3.88. The molecular formula is C14H23N3O3S. The quantitative estimate of drug-likeness (QED) is 0.809. The molecule has 21 heavy (non-hydrogen) atoms. The molecule has 0 bridgehead atoms. The van der Waals surface area contributed by atoms with Crippen LogP contribution in [0, 0.1) is 6.92 Å². The molecule has 0 atom stereocenters. The van der Waals surface area contributed by atoms with Gasteiger partial charge in [-0.1, -0.05) is 0 Å². The molecule has 0 spiro atoms. The number of hydrogen-bond donors (Lipinski definition) is 2. The fourth-order valence-electron chi connectivity index (χ4n) is 2.46. The third kappa shape index (κ3) is 3.66. The summed E-state index contributed by atoms with van der Waals surface area (Å²) >= 11 is 0. The highest BCUT2D eigenvalue weighted by Gasteiger charge is 2.26. The normalized spacial score (nSPS) is 17.9. The first kappa shape index (κ1) is 16.1. The number of nitrogens with zero attached hydrogens (tertiary/aromatic N) is 1. The molecule has 0 saturated carbocycles. The second-order valence-corrected chi connectivity index (χ2v) is 7.24. The summed E-state index contributed by atoms with van der Waals surface area (Å²) in [5.41, 5.74) is 7.08. The molecule has 1 aromatic rings. The highest BCUT2D eigenvalue weighted by atomic mass is 32.2. The lowest BCUT2D eigenvalue weighted by atomic mass is 10.1. The van der Waals surface area contributed by atoms with E-state index in [1.54, 1.807) is 6.07 Å². The van der Waals surface area contributed by atoms with Crippen LogP contribution in [0.25, 0.3) is 0 Å². The second kappa shape index (κ2) is 6.21. The maximum Gasteiger partial charge on any atom is 0.244 e. The molecule has 0 radical (unpaired) electrons. The minimum absolute atomic E-state index is 0.0431. The Labute approximate surface area is 126 Å². The number of methoxy groups -OCH3 is 1. The van der Waals surface area contributed by atoms with Crippen molar-refractivity contribution >= 4 is 15.7 Å². The van der Waals surface area contributed by atoms with Crippen LogP contribution in [0.5, 0.6) is 5.75 Å². The number of piperidine rings is 1. The van der Waals surface area contributed by atoms with Crippen LogP contribution in [0.1, 0.15) is 18.4 Å². The van der Waals surface area contributed by atoms with Crippen LogP contribution in [-0.4, -0.2) is 46.6 Å². The minimum atomic E-state index is -3.63. The number of aryl methyl sites for hydroxylation is 1. The van der Waals surface area contributed by atoms with Crippen LogP contribution in [0.2, 0.25) is 0 Å². The Morgan fingerprint density at radius 2 is 1.95 bits per heavy atom. The van der Waals surface area contributed by atoms with Crippen LogP contribution in [0.4, 0.5) is 5.69 Å². The van der Waals surface area contributed by atoms with E-state index in [-0.39, 0.29) is 10.9 Å². The summed E-state index contributed by atoms with van der Waals surface area (Å²) in [7, 11) is -0.139. The van der Waals surface area contributed by atoms with Crippen molar-refractivity contribution in [2.24, 2.45) is 0 Å². The van der Waals surface area contributed by atoms with E-state index in [1.807, 2.05) is 14.0 Å². The van der Waals surface area contributed by atoms with Gasteiger partial charge in [-0.15, -0.1) is 0 Å². The molecule has 1 aromatic carbocycles. The first-order valence-corrected chi connectivity index (χ1v) is 8.47. The zero-order valence-electron chi connectivity index (χ0n) is 12.7. The van der Waals surface area contributed by atoms with E-state index in [0.717, 1.165) is 31.5 Å². The Bertz CT molecular complexity index is 608. The smallest absolute Gasteiger partial charge is 0.244 e. The molecule has 1 heterocycles. The van der Waals surface area contributed by atoms with Crippen molar-refractivity contribution in [1.82, 2.24) is 9.62 Å². The highest BCUT2D eigenvalue weighted by Crippen LogP contribution is 2.29. The van der Waals surface area contributed by atoms with E-state index >= 15 is 0 Å². The maximum atomic E-state index is 12.6. The number of likely N-dealkylation sites (tertiary alicyclic amines) is 1. The summed E-state index contributed by atoms with van der Waals surface area (Å²) in [6.45, 7) is 3.60. The van der Waals surface area contributed by atoms with Crippen LogP contribution in [-0.2, 0) is 10.0 Å². The summed E-state index contributed by atoms with van der Waals surface area (Å²) in [6.07, 6.45) is 1.61. The number of nitrogen functional groups attached to an aromatic ring is 1. The van der Waals surface area contributed by atoms with Gasteiger partial charge in [0.1, 0.15) is 10.6 Å². The summed E-state index contributed by atoms with van der Waals surface area (Å²) in [6, 6.07) is 3.07. The first-order chi connectivity index (χ1) is 9.83. The Morgan fingerprint density at radius 3 is 2.52 bits per heavy atom. The number of ether oxygens (including phenoxy) is 1. The van der Waals surface area contributed by atoms with Crippen LogP contribution in [0.3, 0.4) is 0 Å². The molecule has 1 saturated heterocycles. The highest BCUT2D eigenvalue weighted by molar-refractivity contribution is 7.89. The molecule has 3 N–H and O–H groups in total. The van der Waals surface area contributed by atoms with E-state index < -0.39 is 10.0 Å². The fourth-order valence-corrected chi connectivity index (χ4v) is 3.95. The van der Waals surface area contributed by atoms with E-state index in [4.69, 9.17) is 10.5 Å². The monoisotopic (exact) mass is 313 g/mol. The van der Waals surface area contributed by atoms with Crippen molar-refractivity contribution in [3.63, 3.8) is 0 Å². The van der Waals surface area contributed by atoms with E-state index in [0.29, 0.717) is 11.4 Å². The number of nitrogens with one attached hydrogen (secondary N) is 1. The summed E-state index contributed by atoms with van der Waals surface area (Å²) in [5, 5.41) is 0. The lowest BCUT2D eigenvalue weighted by Crippen LogP contribution is -2.43. The molecule has 1 fully saturated rings. The Balaban J connectivity index is 2.25. The molecular weight excluding hydrogens is 290 g/mol. The Morgan fingerprint density at radius 1 is 1.33 bits per heavy atom. The number of nitrogens with two attached hydrogens (primary N) is 1. The summed E-state index contributed by atoms with van der Waals surface area (Å²) in [5.74, 6) is 0.321. The average Bonchev–Trinajstić information content (AvgIpc) is 2.43. The number of hydrogen-bond acceptors (Lipinski definition) is 5. The largest absolute Gasteiger partial charge is 0.495 e. The molecule has 1 aliphatic heterocycles. The zero-order chi connectivity index (χ0) is 15.6. The van der Waals surface area contributed by atoms with Crippen molar-refractivity contribution in [1.29, 1.82) is 0 Å². The van der Waals surface area contributed by atoms with Gasteiger partial charge in [0, 0.05) is 11.7 Å². The van der Waals surface area contributed by atoms with Gasteiger partial charge in [-0.2, -0.15) is 0 Å². The predicted octanol–water partition coefficient (Wildman–Crippen LogP) is 0.958. The van der Waals surface area contributed by atoms with Gasteiger partial charge < -0.3 is 15.4 Å². The molecule has 2 rings (SSSR count). The number of anilines is 1. The lowest BCUT2D eigenvalue weighted by molar-refractivity contribution is 0.248. The SMILES string of the molecule is COc1cc(C)c(N)cc1S(=O)(=O)NC1CCN(C)CC1. The van der Waals surface area contributed by atoms with E-state index in [2.05, 4.69) is 9.62 Å². The van der Waals surface area contributed by atoms with Gasteiger partial charge in [-0.05, 0) is 57.6 Å². The van der Waals surface area contributed by atoms with Crippen molar-refractivity contribution in [3.05, 3.63) is 17.7 Å². The molecule has 0 amide bonds. The van der Waals surface area contributed by atoms with Crippen molar-refractivity contribution < 1.29 is 13.2 Å². The Hall–Kier alpha value is -1.31. The molecule has 118 valence electrons. The van der Waals surface area contributed by atoms with Gasteiger partial charge in [0.2, 0.25) is 10.0 Å². The van der Waals surface area contributed by atoms with Gasteiger partial charge in [-0.3, -0.25) is 0 Å². The molecule has 0 aromatic heterocycles. The van der Waals surface area contributed by atoms with E-state index in [1.165, 1.54) is 13.2 Å². The van der Waals surface area contributed by atoms with E-state index in [9.17, 15) is 8.42 Å². The molecule has 7 heteroatoms. The van der Waals surface area contributed by atoms with Gasteiger partial charge in [-0.25, -0.2) is 13.1 Å². The molecule has 0 unspecified atom stereocenters. The van der Waals surface area contributed by atoms with Gasteiger partial charge >= 0.3 is 0 Å². The van der Waals surface area contributed by atoms with Gasteiger partial charge in [0.05, 0.1) is 7.11 Å². The van der Waals surface area contributed by atoms with Crippen LogP contribution in [0.15, 0.2) is 17.0 Å². The zero-order valence-corrected chi connectivity index (χ0v) is 13.5.